The normalized spacial score (nSPS) is 10.5. The van der Waals surface area contributed by atoms with Crippen LogP contribution in [0.3, 0.4) is 0 Å². The van der Waals surface area contributed by atoms with Gasteiger partial charge in [0.05, 0.1) is 5.75 Å². The fourth-order valence-corrected chi connectivity index (χ4v) is 2.79. The van der Waals surface area contributed by atoms with Gasteiger partial charge >= 0.3 is 0 Å². The molecule has 0 saturated carbocycles. The zero-order chi connectivity index (χ0) is 10.7. The quantitative estimate of drug-likeness (QED) is 0.791. The van der Waals surface area contributed by atoms with Gasteiger partial charge < -0.3 is 0 Å². The lowest BCUT2D eigenvalue weighted by atomic mass is 10.4. The second-order valence-electron chi connectivity index (χ2n) is 2.71. The highest BCUT2D eigenvalue weighted by Crippen LogP contribution is 2.24. The molecule has 0 saturated heterocycles. The van der Waals surface area contributed by atoms with E-state index >= 15 is 0 Å². The van der Waals surface area contributed by atoms with Gasteiger partial charge in [0.25, 0.3) is 0 Å². The zero-order valence-electron chi connectivity index (χ0n) is 7.48. The summed E-state index contributed by atoms with van der Waals surface area (Å²) >= 11 is 12.1. The number of hydrogen-bond acceptors (Lipinski definition) is 4. The van der Waals surface area contributed by atoms with Crippen molar-refractivity contribution in [1.29, 1.82) is 0 Å². The predicted octanol–water partition coefficient (Wildman–Crippen LogP) is 4.25. The summed E-state index contributed by atoms with van der Waals surface area (Å²) in [7, 11) is 0. The molecule has 78 valence electrons. The molecular formula is C9H6BrClN2S2. The predicted molar refractivity (Wildman–Crippen MR) is 68.6 cm³/mol. The van der Waals surface area contributed by atoms with Crippen molar-refractivity contribution in [3.63, 3.8) is 0 Å². The van der Waals surface area contributed by atoms with Crippen LogP contribution in [0.5, 0.6) is 0 Å². The number of benzene rings is 1. The smallest absolute Gasteiger partial charge is 0.179 e. The molecule has 2 aromatic rings. The summed E-state index contributed by atoms with van der Waals surface area (Å²) in [6.45, 7) is 0. The van der Waals surface area contributed by atoms with Crippen LogP contribution in [0.1, 0.15) is 5.82 Å². The fraction of sp³-hybridized carbons (Fsp3) is 0.111. The van der Waals surface area contributed by atoms with Crippen LogP contribution < -0.4 is 0 Å². The Morgan fingerprint density at radius 2 is 2.07 bits per heavy atom. The largest absolute Gasteiger partial charge is 0.212 e. The first-order valence-electron chi connectivity index (χ1n) is 4.10. The third-order valence-electron chi connectivity index (χ3n) is 1.62. The van der Waals surface area contributed by atoms with Gasteiger partial charge in [-0.05, 0) is 51.7 Å². The minimum absolute atomic E-state index is 0.758. The average Bonchev–Trinajstić information content (AvgIpc) is 2.64. The number of nitrogens with zero attached hydrogens (tertiary/aromatic N) is 2. The van der Waals surface area contributed by atoms with E-state index in [1.54, 1.807) is 11.8 Å². The highest BCUT2D eigenvalue weighted by molar-refractivity contribution is 9.11. The Bertz CT molecular complexity index is 444. The summed E-state index contributed by atoms with van der Waals surface area (Å²) in [5.74, 6) is 1.64. The Morgan fingerprint density at radius 1 is 1.33 bits per heavy atom. The molecule has 0 fully saturated rings. The number of halogens is 2. The molecule has 2 rings (SSSR count). The molecular weight excluding hydrogens is 316 g/mol. The van der Waals surface area contributed by atoms with Gasteiger partial charge in [0, 0.05) is 9.92 Å². The van der Waals surface area contributed by atoms with Crippen LogP contribution in [-0.4, -0.2) is 9.36 Å². The van der Waals surface area contributed by atoms with E-state index in [4.69, 9.17) is 11.6 Å². The highest BCUT2D eigenvalue weighted by atomic mass is 79.9. The van der Waals surface area contributed by atoms with Crippen LogP contribution in [-0.2, 0) is 5.75 Å². The standard InChI is InChI=1S/C9H6BrClN2S2/c10-9-12-8(13-15-9)5-14-7-3-1-6(11)2-4-7/h1-4H,5H2. The number of rotatable bonds is 3. The van der Waals surface area contributed by atoms with Crippen LogP contribution in [0, 0.1) is 0 Å². The van der Waals surface area contributed by atoms with Gasteiger partial charge in [-0.25, -0.2) is 4.98 Å². The van der Waals surface area contributed by atoms with Gasteiger partial charge in [-0.3, -0.25) is 0 Å². The summed E-state index contributed by atoms with van der Waals surface area (Å²) in [4.78, 5) is 5.39. The number of hydrogen-bond donors (Lipinski definition) is 0. The first-order valence-corrected chi connectivity index (χ1v) is 7.03. The first kappa shape index (κ1) is 11.4. The molecule has 2 nitrogen and oxygen atoms in total. The summed E-state index contributed by atoms with van der Waals surface area (Å²) in [6.07, 6.45) is 0. The van der Waals surface area contributed by atoms with E-state index in [9.17, 15) is 0 Å². The molecule has 0 N–H and O–H groups in total. The second-order valence-corrected chi connectivity index (χ2v) is 6.22. The molecule has 0 bridgehead atoms. The molecule has 0 aliphatic heterocycles. The van der Waals surface area contributed by atoms with E-state index in [0.717, 1.165) is 20.5 Å². The second kappa shape index (κ2) is 5.30. The van der Waals surface area contributed by atoms with Crippen LogP contribution in [0.15, 0.2) is 33.1 Å². The van der Waals surface area contributed by atoms with Gasteiger partial charge in [-0.2, -0.15) is 4.37 Å². The SMILES string of the molecule is Clc1ccc(SCc2nsc(Br)n2)cc1. The highest BCUT2D eigenvalue weighted by Gasteiger charge is 2.02. The minimum atomic E-state index is 0.758. The summed E-state index contributed by atoms with van der Waals surface area (Å²) < 4.78 is 5.01. The molecule has 0 aliphatic rings. The average molecular weight is 322 g/mol. The first-order chi connectivity index (χ1) is 7.24. The van der Waals surface area contributed by atoms with E-state index < -0.39 is 0 Å². The summed E-state index contributed by atoms with van der Waals surface area (Å²) in [5.41, 5.74) is 0. The molecule has 15 heavy (non-hydrogen) atoms. The topological polar surface area (TPSA) is 25.8 Å². The lowest BCUT2D eigenvalue weighted by Gasteiger charge is -1.98. The van der Waals surface area contributed by atoms with E-state index in [1.165, 1.54) is 16.4 Å². The maximum absolute atomic E-state index is 5.79. The lowest BCUT2D eigenvalue weighted by molar-refractivity contribution is 1.12. The lowest BCUT2D eigenvalue weighted by Crippen LogP contribution is -1.82. The van der Waals surface area contributed by atoms with Crippen molar-refractivity contribution in [2.45, 2.75) is 10.6 Å². The number of aromatic nitrogens is 2. The third kappa shape index (κ3) is 3.45. The van der Waals surface area contributed by atoms with Crippen LogP contribution in [0.4, 0.5) is 0 Å². The molecule has 1 aromatic carbocycles. The van der Waals surface area contributed by atoms with Crippen LogP contribution >= 0.6 is 50.8 Å². The Labute approximate surface area is 109 Å². The molecule has 0 spiro atoms. The van der Waals surface area contributed by atoms with Crippen LogP contribution in [0.25, 0.3) is 0 Å². The van der Waals surface area contributed by atoms with Crippen molar-refractivity contribution in [2.24, 2.45) is 0 Å². The zero-order valence-corrected chi connectivity index (χ0v) is 11.5. The van der Waals surface area contributed by atoms with E-state index in [0.29, 0.717) is 0 Å². The maximum Gasteiger partial charge on any atom is 0.179 e. The Hall–Kier alpha value is -0.100. The molecule has 0 atom stereocenters. The van der Waals surface area contributed by atoms with Crippen molar-refractivity contribution < 1.29 is 0 Å². The van der Waals surface area contributed by atoms with Crippen molar-refractivity contribution in [3.8, 4) is 0 Å². The Kier molecular flexibility index (Phi) is 4.02. The number of thioether (sulfide) groups is 1. The summed E-state index contributed by atoms with van der Waals surface area (Å²) in [5, 5.41) is 0.758. The van der Waals surface area contributed by atoms with Crippen molar-refractivity contribution in [3.05, 3.63) is 39.0 Å². The molecule has 0 unspecified atom stereocenters. The van der Waals surface area contributed by atoms with Gasteiger partial charge in [0.15, 0.2) is 9.74 Å². The van der Waals surface area contributed by atoms with E-state index in [1.807, 2.05) is 24.3 Å². The molecule has 1 heterocycles. The third-order valence-corrected chi connectivity index (χ3v) is 4.04. The molecule has 0 aliphatic carbocycles. The van der Waals surface area contributed by atoms with Crippen molar-refractivity contribution in [1.82, 2.24) is 9.36 Å². The minimum Gasteiger partial charge on any atom is -0.212 e. The van der Waals surface area contributed by atoms with E-state index in [2.05, 4.69) is 25.3 Å². The van der Waals surface area contributed by atoms with Gasteiger partial charge in [-0.15, -0.1) is 11.8 Å². The van der Waals surface area contributed by atoms with Gasteiger partial charge in [0.2, 0.25) is 0 Å². The van der Waals surface area contributed by atoms with Crippen molar-refractivity contribution in [2.75, 3.05) is 0 Å². The fourth-order valence-electron chi connectivity index (χ4n) is 0.970. The summed E-state index contributed by atoms with van der Waals surface area (Å²) in [6, 6.07) is 7.76. The Morgan fingerprint density at radius 3 is 2.67 bits per heavy atom. The van der Waals surface area contributed by atoms with E-state index in [-0.39, 0.29) is 0 Å². The molecule has 6 heteroatoms. The molecule has 1 aromatic heterocycles. The van der Waals surface area contributed by atoms with Crippen molar-refractivity contribution >= 4 is 50.8 Å². The molecule has 0 amide bonds. The van der Waals surface area contributed by atoms with Gasteiger partial charge in [-0.1, -0.05) is 11.6 Å². The van der Waals surface area contributed by atoms with Gasteiger partial charge in [0.1, 0.15) is 0 Å². The monoisotopic (exact) mass is 320 g/mol. The maximum atomic E-state index is 5.79. The van der Waals surface area contributed by atoms with Crippen LogP contribution in [0.2, 0.25) is 5.02 Å². The Balaban J connectivity index is 1.96. The molecule has 0 radical (unpaired) electrons.